The number of nitrogen functional groups attached to an aromatic ring is 1. The molecule has 4 N–H and O–H groups in total. The predicted octanol–water partition coefficient (Wildman–Crippen LogP) is 2.67. The molecule has 0 fully saturated rings. The summed E-state index contributed by atoms with van der Waals surface area (Å²) in [5, 5.41) is 12.3. The molecule has 2 aromatic carbocycles. The number of aromatic hydroxyl groups is 1. The standard InChI is InChI=1S/C14H13BrN2O2/c15-12-5-4-10(7-13(12)18)14(19)17-8-9-2-1-3-11(16)6-9/h1-7,18H,8,16H2,(H,17,19). The average Bonchev–Trinajstić information content (AvgIpc) is 2.39. The van der Waals surface area contributed by atoms with Crippen molar-refractivity contribution in [1.29, 1.82) is 0 Å². The molecule has 0 aromatic heterocycles. The topological polar surface area (TPSA) is 75.3 Å². The third-order valence-electron chi connectivity index (χ3n) is 2.61. The minimum Gasteiger partial charge on any atom is -0.507 e. The zero-order valence-corrected chi connectivity index (χ0v) is 11.6. The molecule has 0 aliphatic rings. The molecule has 0 spiro atoms. The van der Waals surface area contributed by atoms with Gasteiger partial charge in [0.2, 0.25) is 0 Å². The van der Waals surface area contributed by atoms with Crippen LogP contribution in [0.25, 0.3) is 0 Å². The summed E-state index contributed by atoms with van der Waals surface area (Å²) in [7, 11) is 0. The van der Waals surface area contributed by atoms with E-state index >= 15 is 0 Å². The molecular weight excluding hydrogens is 308 g/mol. The van der Waals surface area contributed by atoms with Crippen molar-refractivity contribution in [2.45, 2.75) is 6.54 Å². The van der Waals surface area contributed by atoms with Crippen molar-refractivity contribution in [3.63, 3.8) is 0 Å². The zero-order chi connectivity index (χ0) is 13.8. The molecule has 0 aliphatic carbocycles. The van der Waals surface area contributed by atoms with E-state index in [1.807, 2.05) is 12.1 Å². The second-order valence-electron chi connectivity index (χ2n) is 4.09. The molecule has 1 amide bonds. The van der Waals surface area contributed by atoms with E-state index in [2.05, 4.69) is 21.2 Å². The number of benzene rings is 2. The van der Waals surface area contributed by atoms with Crippen LogP contribution in [0.1, 0.15) is 15.9 Å². The number of amides is 1. The van der Waals surface area contributed by atoms with Crippen molar-refractivity contribution in [2.75, 3.05) is 5.73 Å². The fourth-order valence-electron chi connectivity index (χ4n) is 1.64. The van der Waals surface area contributed by atoms with E-state index in [0.29, 0.717) is 22.3 Å². The molecule has 2 rings (SSSR count). The maximum Gasteiger partial charge on any atom is 0.251 e. The number of halogens is 1. The Hall–Kier alpha value is -2.01. The molecular formula is C14H13BrN2O2. The first kappa shape index (κ1) is 13.4. The molecule has 19 heavy (non-hydrogen) atoms. The number of phenolic OH excluding ortho intramolecular Hbond substituents is 1. The summed E-state index contributed by atoms with van der Waals surface area (Å²) < 4.78 is 0.555. The van der Waals surface area contributed by atoms with Gasteiger partial charge in [-0.3, -0.25) is 4.79 Å². The van der Waals surface area contributed by atoms with Gasteiger partial charge in [-0.2, -0.15) is 0 Å². The second-order valence-corrected chi connectivity index (χ2v) is 4.95. The lowest BCUT2D eigenvalue weighted by molar-refractivity contribution is 0.0950. The van der Waals surface area contributed by atoms with Crippen molar-refractivity contribution in [2.24, 2.45) is 0 Å². The highest BCUT2D eigenvalue weighted by Crippen LogP contribution is 2.24. The van der Waals surface area contributed by atoms with Crippen LogP contribution in [0.3, 0.4) is 0 Å². The molecule has 0 unspecified atom stereocenters. The van der Waals surface area contributed by atoms with Crippen LogP contribution in [0.15, 0.2) is 46.9 Å². The molecule has 0 saturated heterocycles. The number of hydrogen-bond acceptors (Lipinski definition) is 3. The first-order valence-electron chi connectivity index (χ1n) is 5.67. The Balaban J connectivity index is 2.03. The smallest absolute Gasteiger partial charge is 0.251 e. The maximum atomic E-state index is 11.9. The maximum absolute atomic E-state index is 11.9. The molecule has 0 aliphatic heterocycles. The summed E-state index contributed by atoms with van der Waals surface area (Å²) in [4.78, 5) is 11.9. The van der Waals surface area contributed by atoms with E-state index in [4.69, 9.17) is 5.73 Å². The summed E-state index contributed by atoms with van der Waals surface area (Å²) in [6.07, 6.45) is 0. The van der Waals surface area contributed by atoms with Crippen molar-refractivity contribution >= 4 is 27.5 Å². The summed E-state index contributed by atoms with van der Waals surface area (Å²) >= 11 is 3.17. The Morgan fingerprint density at radius 3 is 2.74 bits per heavy atom. The number of rotatable bonds is 3. The van der Waals surface area contributed by atoms with Crippen LogP contribution < -0.4 is 11.1 Å². The van der Waals surface area contributed by atoms with Crippen molar-refractivity contribution in [3.8, 4) is 5.75 Å². The highest BCUT2D eigenvalue weighted by molar-refractivity contribution is 9.10. The first-order chi connectivity index (χ1) is 9.06. The number of hydrogen-bond donors (Lipinski definition) is 3. The van der Waals surface area contributed by atoms with Crippen molar-refractivity contribution in [1.82, 2.24) is 5.32 Å². The Morgan fingerprint density at radius 1 is 1.26 bits per heavy atom. The Labute approximate surface area is 119 Å². The summed E-state index contributed by atoms with van der Waals surface area (Å²) in [5.74, 6) is -0.207. The van der Waals surface area contributed by atoms with Gasteiger partial charge in [-0.1, -0.05) is 12.1 Å². The van der Waals surface area contributed by atoms with E-state index < -0.39 is 0 Å². The van der Waals surface area contributed by atoms with E-state index in [0.717, 1.165) is 5.56 Å². The molecule has 0 radical (unpaired) electrons. The monoisotopic (exact) mass is 320 g/mol. The molecule has 2 aromatic rings. The van der Waals surface area contributed by atoms with Gasteiger partial charge in [0, 0.05) is 17.8 Å². The van der Waals surface area contributed by atoms with Crippen LogP contribution in [0.2, 0.25) is 0 Å². The van der Waals surface area contributed by atoms with Gasteiger partial charge >= 0.3 is 0 Å². The number of phenols is 1. The number of anilines is 1. The second kappa shape index (κ2) is 5.75. The van der Waals surface area contributed by atoms with Gasteiger partial charge in [-0.25, -0.2) is 0 Å². The molecule has 5 heteroatoms. The highest BCUT2D eigenvalue weighted by Gasteiger charge is 2.07. The van der Waals surface area contributed by atoms with E-state index in [-0.39, 0.29) is 11.7 Å². The first-order valence-corrected chi connectivity index (χ1v) is 6.46. The number of carbonyl (C=O) groups excluding carboxylic acids is 1. The van der Waals surface area contributed by atoms with Crippen molar-refractivity contribution in [3.05, 3.63) is 58.1 Å². The highest BCUT2D eigenvalue weighted by atomic mass is 79.9. The van der Waals surface area contributed by atoms with Gasteiger partial charge in [-0.15, -0.1) is 0 Å². The summed E-state index contributed by atoms with van der Waals surface area (Å²) in [6.45, 7) is 0.390. The third-order valence-corrected chi connectivity index (χ3v) is 3.28. The normalized spacial score (nSPS) is 10.2. The third kappa shape index (κ3) is 3.48. The van der Waals surface area contributed by atoms with Crippen LogP contribution in [0.4, 0.5) is 5.69 Å². The lowest BCUT2D eigenvalue weighted by Gasteiger charge is -2.07. The summed E-state index contributed by atoms with van der Waals surface area (Å²) in [6, 6.07) is 12.0. The van der Waals surface area contributed by atoms with E-state index in [1.54, 1.807) is 24.3 Å². The molecule has 0 saturated carbocycles. The lowest BCUT2D eigenvalue weighted by Crippen LogP contribution is -2.22. The van der Waals surface area contributed by atoms with Gasteiger partial charge in [-0.05, 0) is 51.8 Å². The predicted molar refractivity (Wildman–Crippen MR) is 77.8 cm³/mol. The fourth-order valence-corrected chi connectivity index (χ4v) is 1.89. The Morgan fingerprint density at radius 2 is 2.05 bits per heavy atom. The Kier molecular flexibility index (Phi) is 4.06. The molecule has 0 heterocycles. The SMILES string of the molecule is Nc1cccc(CNC(=O)c2ccc(Br)c(O)c2)c1. The minimum absolute atomic E-state index is 0.0385. The van der Waals surface area contributed by atoms with Crippen LogP contribution in [0.5, 0.6) is 5.75 Å². The molecule has 0 atom stereocenters. The number of carbonyl (C=O) groups is 1. The van der Waals surface area contributed by atoms with E-state index in [1.165, 1.54) is 6.07 Å². The van der Waals surface area contributed by atoms with Gasteiger partial charge in [0.15, 0.2) is 0 Å². The number of nitrogens with two attached hydrogens (primary N) is 1. The van der Waals surface area contributed by atoms with Crippen molar-refractivity contribution < 1.29 is 9.90 Å². The minimum atomic E-state index is -0.245. The van der Waals surface area contributed by atoms with Crippen LogP contribution >= 0.6 is 15.9 Å². The molecule has 98 valence electrons. The molecule has 4 nitrogen and oxygen atoms in total. The van der Waals surface area contributed by atoms with Crippen LogP contribution in [0, 0.1) is 0 Å². The van der Waals surface area contributed by atoms with Crippen LogP contribution in [-0.2, 0) is 6.54 Å². The molecule has 0 bridgehead atoms. The van der Waals surface area contributed by atoms with E-state index in [9.17, 15) is 9.90 Å². The Bertz CT molecular complexity index is 614. The number of nitrogens with one attached hydrogen (secondary N) is 1. The van der Waals surface area contributed by atoms with Crippen LogP contribution in [-0.4, -0.2) is 11.0 Å². The van der Waals surface area contributed by atoms with Gasteiger partial charge in [0.05, 0.1) is 4.47 Å². The largest absolute Gasteiger partial charge is 0.507 e. The average molecular weight is 321 g/mol. The van der Waals surface area contributed by atoms with Gasteiger partial charge in [0.25, 0.3) is 5.91 Å². The fraction of sp³-hybridized carbons (Fsp3) is 0.0714. The summed E-state index contributed by atoms with van der Waals surface area (Å²) in [5.41, 5.74) is 7.65. The van der Waals surface area contributed by atoms with Gasteiger partial charge < -0.3 is 16.2 Å². The lowest BCUT2D eigenvalue weighted by atomic mass is 10.1. The van der Waals surface area contributed by atoms with Gasteiger partial charge in [0.1, 0.15) is 5.75 Å². The zero-order valence-electron chi connectivity index (χ0n) is 10.1. The quantitative estimate of drug-likeness (QED) is 0.761.